The SMILES string of the molecule is C[C@@H](c1nnc(-c2cccs2)o1)N1CCCN(CC(=O)NC(C)(C)C)CC1. The Hall–Kier alpha value is -1.77. The fourth-order valence-corrected chi connectivity index (χ4v) is 3.90. The van der Waals surface area contributed by atoms with E-state index in [4.69, 9.17) is 4.42 Å². The maximum atomic E-state index is 12.2. The van der Waals surface area contributed by atoms with E-state index in [9.17, 15) is 4.79 Å². The Labute approximate surface area is 164 Å². The van der Waals surface area contributed by atoms with Gasteiger partial charge in [-0.15, -0.1) is 21.5 Å². The second kappa shape index (κ2) is 8.50. The van der Waals surface area contributed by atoms with E-state index in [0.717, 1.165) is 37.5 Å². The molecular weight excluding hydrogens is 362 g/mol. The first-order valence-electron chi connectivity index (χ1n) is 9.46. The van der Waals surface area contributed by atoms with E-state index in [1.807, 2.05) is 38.3 Å². The van der Waals surface area contributed by atoms with Crippen molar-refractivity contribution in [2.45, 2.75) is 45.7 Å². The van der Waals surface area contributed by atoms with Gasteiger partial charge in [-0.1, -0.05) is 6.07 Å². The highest BCUT2D eigenvalue weighted by molar-refractivity contribution is 7.13. The predicted octanol–water partition coefficient (Wildman–Crippen LogP) is 2.78. The smallest absolute Gasteiger partial charge is 0.257 e. The van der Waals surface area contributed by atoms with Gasteiger partial charge in [-0.05, 0) is 52.1 Å². The highest BCUT2D eigenvalue weighted by Crippen LogP contribution is 2.27. The summed E-state index contributed by atoms with van der Waals surface area (Å²) in [6.07, 6.45) is 1.01. The first-order chi connectivity index (χ1) is 12.8. The Bertz CT molecular complexity index is 738. The molecule has 1 aliphatic heterocycles. The van der Waals surface area contributed by atoms with Gasteiger partial charge < -0.3 is 9.73 Å². The van der Waals surface area contributed by atoms with Crippen LogP contribution in [0.3, 0.4) is 0 Å². The first-order valence-corrected chi connectivity index (χ1v) is 10.3. The summed E-state index contributed by atoms with van der Waals surface area (Å²) in [5, 5.41) is 13.5. The van der Waals surface area contributed by atoms with Crippen LogP contribution in [0.1, 0.15) is 46.0 Å². The number of hydrogen-bond donors (Lipinski definition) is 1. The Morgan fingerprint density at radius 2 is 2.11 bits per heavy atom. The van der Waals surface area contributed by atoms with Gasteiger partial charge in [-0.25, -0.2) is 0 Å². The molecule has 2 aromatic heterocycles. The fourth-order valence-electron chi connectivity index (χ4n) is 3.26. The van der Waals surface area contributed by atoms with Crippen molar-refractivity contribution in [2.75, 3.05) is 32.7 Å². The number of amides is 1. The molecule has 1 saturated heterocycles. The van der Waals surface area contributed by atoms with Crippen molar-refractivity contribution in [3.05, 3.63) is 23.4 Å². The third-order valence-electron chi connectivity index (χ3n) is 4.58. The van der Waals surface area contributed by atoms with E-state index in [1.54, 1.807) is 11.3 Å². The van der Waals surface area contributed by atoms with Crippen LogP contribution in [0, 0.1) is 0 Å². The summed E-state index contributed by atoms with van der Waals surface area (Å²) in [5.41, 5.74) is -0.193. The normalized spacial score (nSPS) is 18.2. The van der Waals surface area contributed by atoms with Crippen LogP contribution in [-0.2, 0) is 4.79 Å². The molecule has 0 aromatic carbocycles. The second-order valence-corrected chi connectivity index (χ2v) is 9.01. The first kappa shape index (κ1) is 20.0. The molecule has 1 atom stereocenters. The number of thiophene rings is 1. The van der Waals surface area contributed by atoms with Crippen molar-refractivity contribution in [2.24, 2.45) is 0 Å². The van der Waals surface area contributed by atoms with E-state index in [1.165, 1.54) is 0 Å². The van der Waals surface area contributed by atoms with Gasteiger partial charge in [0.1, 0.15) is 0 Å². The quantitative estimate of drug-likeness (QED) is 0.845. The summed E-state index contributed by atoms with van der Waals surface area (Å²) in [4.78, 5) is 17.8. The molecule has 0 aliphatic carbocycles. The molecule has 27 heavy (non-hydrogen) atoms. The van der Waals surface area contributed by atoms with Gasteiger partial charge in [0.25, 0.3) is 5.89 Å². The van der Waals surface area contributed by atoms with E-state index in [-0.39, 0.29) is 17.5 Å². The molecule has 8 heteroatoms. The molecule has 0 bridgehead atoms. The van der Waals surface area contributed by atoms with Gasteiger partial charge in [0.2, 0.25) is 11.8 Å². The zero-order valence-electron chi connectivity index (χ0n) is 16.6. The lowest BCUT2D eigenvalue weighted by Gasteiger charge is -2.26. The number of carbonyl (C=O) groups excluding carboxylic acids is 1. The molecule has 0 radical (unpaired) electrons. The molecule has 1 N–H and O–H groups in total. The van der Waals surface area contributed by atoms with Crippen LogP contribution in [0.2, 0.25) is 0 Å². The van der Waals surface area contributed by atoms with Gasteiger partial charge in [0.05, 0.1) is 17.5 Å². The average Bonchev–Trinajstić information content (AvgIpc) is 3.21. The molecule has 3 heterocycles. The number of rotatable bonds is 5. The van der Waals surface area contributed by atoms with Gasteiger partial charge in [0, 0.05) is 25.2 Å². The van der Waals surface area contributed by atoms with Gasteiger partial charge >= 0.3 is 0 Å². The van der Waals surface area contributed by atoms with Crippen molar-refractivity contribution >= 4 is 17.2 Å². The molecule has 7 nitrogen and oxygen atoms in total. The van der Waals surface area contributed by atoms with Crippen LogP contribution in [0.5, 0.6) is 0 Å². The number of aromatic nitrogens is 2. The lowest BCUT2D eigenvalue weighted by molar-refractivity contribution is -0.123. The minimum Gasteiger partial charge on any atom is -0.418 e. The minimum absolute atomic E-state index is 0.0644. The minimum atomic E-state index is -0.193. The third kappa shape index (κ3) is 5.60. The van der Waals surface area contributed by atoms with Crippen LogP contribution in [0.4, 0.5) is 0 Å². The summed E-state index contributed by atoms with van der Waals surface area (Å²) >= 11 is 1.60. The maximum absolute atomic E-state index is 12.2. The van der Waals surface area contributed by atoms with E-state index in [2.05, 4.69) is 32.2 Å². The molecule has 3 rings (SSSR count). The molecule has 148 valence electrons. The summed E-state index contributed by atoms with van der Waals surface area (Å²) < 4.78 is 5.90. The van der Waals surface area contributed by atoms with Gasteiger partial charge in [-0.2, -0.15) is 0 Å². The van der Waals surface area contributed by atoms with Crippen LogP contribution in [0.15, 0.2) is 21.9 Å². The number of nitrogens with one attached hydrogen (secondary N) is 1. The van der Waals surface area contributed by atoms with E-state index >= 15 is 0 Å². The Kier molecular flexibility index (Phi) is 6.29. The second-order valence-electron chi connectivity index (χ2n) is 8.06. The topological polar surface area (TPSA) is 74.5 Å². The average molecular weight is 392 g/mol. The lowest BCUT2D eigenvalue weighted by atomic mass is 10.1. The van der Waals surface area contributed by atoms with E-state index in [0.29, 0.717) is 18.3 Å². The Morgan fingerprint density at radius 3 is 2.81 bits per heavy atom. The standard InChI is InChI=1S/C19H29N5O2S/c1-14(17-21-22-18(26-17)15-7-5-12-27-15)24-9-6-8-23(10-11-24)13-16(25)20-19(2,3)4/h5,7,12,14H,6,8-11,13H2,1-4H3,(H,20,25)/t14-/m0/s1. The predicted molar refractivity (Wildman–Crippen MR) is 107 cm³/mol. The molecule has 1 fully saturated rings. The molecule has 1 amide bonds. The molecule has 0 unspecified atom stereocenters. The summed E-state index contributed by atoms with van der Waals surface area (Å²) in [5.74, 6) is 1.32. The molecule has 1 aliphatic rings. The Morgan fingerprint density at radius 1 is 1.30 bits per heavy atom. The van der Waals surface area contributed by atoms with Crippen LogP contribution in [0.25, 0.3) is 10.8 Å². The van der Waals surface area contributed by atoms with Crippen LogP contribution >= 0.6 is 11.3 Å². The summed E-state index contributed by atoms with van der Waals surface area (Å²) in [7, 11) is 0. The largest absolute Gasteiger partial charge is 0.418 e. The molecule has 2 aromatic rings. The maximum Gasteiger partial charge on any atom is 0.257 e. The fraction of sp³-hybridized carbons (Fsp3) is 0.632. The van der Waals surface area contributed by atoms with Gasteiger partial charge in [0.15, 0.2) is 0 Å². The zero-order valence-corrected chi connectivity index (χ0v) is 17.4. The summed E-state index contributed by atoms with van der Waals surface area (Å²) in [6.45, 7) is 12.2. The number of nitrogens with zero attached hydrogens (tertiary/aromatic N) is 4. The number of carbonyl (C=O) groups is 1. The van der Waals surface area contributed by atoms with Crippen LogP contribution in [-0.4, -0.2) is 64.2 Å². The van der Waals surface area contributed by atoms with Crippen molar-refractivity contribution in [3.8, 4) is 10.8 Å². The lowest BCUT2D eigenvalue weighted by Crippen LogP contribution is -2.46. The van der Waals surface area contributed by atoms with Crippen molar-refractivity contribution < 1.29 is 9.21 Å². The van der Waals surface area contributed by atoms with Crippen molar-refractivity contribution in [1.29, 1.82) is 0 Å². The zero-order chi connectivity index (χ0) is 19.4. The molecular formula is C19H29N5O2S. The van der Waals surface area contributed by atoms with E-state index < -0.39 is 0 Å². The third-order valence-corrected chi connectivity index (χ3v) is 5.44. The molecule has 0 spiro atoms. The van der Waals surface area contributed by atoms with Gasteiger partial charge in [-0.3, -0.25) is 14.6 Å². The highest BCUT2D eigenvalue weighted by Gasteiger charge is 2.25. The summed E-state index contributed by atoms with van der Waals surface area (Å²) in [6, 6.07) is 4.03. The molecule has 0 saturated carbocycles. The van der Waals surface area contributed by atoms with Crippen LogP contribution < -0.4 is 5.32 Å². The highest BCUT2D eigenvalue weighted by atomic mass is 32.1. The number of hydrogen-bond acceptors (Lipinski definition) is 7. The monoisotopic (exact) mass is 391 g/mol. The van der Waals surface area contributed by atoms with Crippen molar-refractivity contribution in [1.82, 2.24) is 25.3 Å². The Balaban J connectivity index is 1.55. The van der Waals surface area contributed by atoms with Crippen molar-refractivity contribution in [3.63, 3.8) is 0 Å².